The Morgan fingerprint density at radius 3 is 2.72 bits per heavy atom. The Hall–Kier alpha value is -4.17. The van der Waals surface area contributed by atoms with E-state index in [1.165, 1.54) is 12.1 Å². The number of methoxy groups -OCH3 is 1. The van der Waals surface area contributed by atoms with Crippen LogP contribution in [0.5, 0.6) is 5.75 Å². The largest absolute Gasteiger partial charge is 0.494 e. The highest BCUT2D eigenvalue weighted by Crippen LogP contribution is 2.26. The number of hydrogen-bond acceptors (Lipinski definition) is 6. The molecule has 4 aromatic rings. The highest BCUT2D eigenvalue weighted by Gasteiger charge is 2.13. The smallest absolute Gasteiger partial charge is 0.209 e. The first kappa shape index (κ1) is 21.1. The number of aromatic nitrogens is 4. The molecule has 2 heterocycles. The van der Waals surface area contributed by atoms with Gasteiger partial charge in [-0.05, 0) is 42.5 Å². The predicted molar refractivity (Wildman–Crippen MR) is 125 cm³/mol. The lowest BCUT2D eigenvalue weighted by Crippen LogP contribution is -2.18. The van der Waals surface area contributed by atoms with Crippen molar-refractivity contribution in [3.05, 3.63) is 100 Å². The highest BCUT2D eigenvalue weighted by molar-refractivity contribution is 6.30. The standard InChI is InChI=1S/C23H19ClN6O2/c1-32-22-15-18(29-12-3-11-26-29)6-7-20(22)30-13-9-21(31)23(28-30)19(8-10-25)27-17-5-2-4-16(24)14-17/h2-15,25,27H,1H3/b19-8-,25-10?. The molecule has 0 spiro atoms. The minimum atomic E-state index is -0.295. The number of ether oxygens (including phenoxy) is 1. The van der Waals surface area contributed by atoms with E-state index in [-0.39, 0.29) is 11.1 Å². The van der Waals surface area contributed by atoms with Crippen LogP contribution in [-0.4, -0.2) is 32.9 Å². The van der Waals surface area contributed by atoms with Gasteiger partial charge in [-0.3, -0.25) is 4.79 Å². The summed E-state index contributed by atoms with van der Waals surface area (Å²) in [6.45, 7) is 0. The van der Waals surface area contributed by atoms with Gasteiger partial charge >= 0.3 is 0 Å². The van der Waals surface area contributed by atoms with E-state index in [4.69, 9.17) is 21.7 Å². The number of rotatable bonds is 7. The van der Waals surface area contributed by atoms with Gasteiger partial charge in [0.25, 0.3) is 0 Å². The summed E-state index contributed by atoms with van der Waals surface area (Å²) in [5.74, 6) is 0.556. The third-order valence-corrected chi connectivity index (χ3v) is 4.83. The molecule has 0 bridgehead atoms. The highest BCUT2D eigenvalue weighted by atomic mass is 35.5. The lowest BCUT2D eigenvalue weighted by atomic mass is 10.2. The van der Waals surface area contributed by atoms with E-state index >= 15 is 0 Å². The maximum Gasteiger partial charge on any atom is 0.209 e. The van der Waals surface area contributed by atoms with E-state index in [1.807, 2.05) is 36.5 Å². The number of benzene rings is 2. The first-order valence-corrected chi connectivity index (χ1v) is 9.99. The van der Waals surface area contributed by atoms with E-state index in [0.717, 1.165) is 11.9 Å². The summed E-state index contributed by atoms with van der Waals surface area (Å²) in [5, 5.41) is 19.9. The fourth-order valence-electron chi connectivity index (χ4n) is 3.13. The molecule has 0 saturated carbocycles. The fraction of sp³-hybridized carbons (Fsp3) is 0.0435. The molecular weight excluding hydrogens is 428 g/mol. The SMILES string of the molecule is COc1cc(-n2cccn2)ccc1-n1ccc(=O)c(/C(=C/C=N)Nc2cccc(Cl)c2)n1. The van der Waals surface area contributed by atoms with Gasteiger partial charge < -0.3 is 15.5 Å². The van der Waals surface area contributed by atoms with Gasteiger partial charge in [0.15, 0.2) is 5.69 Å². The molecule has 0 fully saturated rings. The lowest BCUT2D eigenvalue weighted by molar-refractivity contribution is 0.411. The minimum Gasteiger partial charge on any atom is -0.494 e. The van der Waals surface area contributed by atoms with E-state index in [1.54, 1.807) is 47.1 Å². The fourth-order valence-corrected chi connectivity index (χ4v) is 3.32. The zero-order valence-corrected chi connectivity index (χ0v) is 17.8. The topological polar surface area (TPSA) is 97.8 Å². The van der Waals surface area contributed by atoms with Crippen molar-refractivity contribution in [2.45, 2.75) is 0 Å². The summed E-state index contributed by atoms with van der Waals surface area (Å²) in [6, 6.07) is 15.9. The Labute approximate surface area is 188 Å². The second-order valence-corrected chi connectivity index (χ2v) is 7.10. The zero-order valence-electron chi connectivity index (χ0n) is 17.1. The molecule has 0 saturated heterocycles. The lowest BCUT2D eigenvalue weighted by Gasteiger charge is -2.15. The Balaban J connectivity index is 1.76. The third kappa shape index (κ3) is 4.45. The van der Waals surface area contributed by atoms with Crippen LogP contribution in [0.2, 0.25) is 5.02 Å². The van der Waals surface area contributed by atoms with Crippen molar-refractivity contribution in [2.75, 3.05) is 12.4 Å². The van der Waals surface area contributed by atoms with Crippen molar-refractivity contribution in [2.24, 2.45) is 0 Å². The molecule has 0 radical (unpaired) electrons. The normalized spacial score (nSPS) is 11.2. The van der Waals surface area contributed by atoms with Gasteiger partial charge in [0.1, 0.15) is 11.4 Å². The van der Waals surface area contributed by atoms with Gasteiger partial charge in [-0.2, -0.15) is 10.2 Å². The number of anilines is 1. The van der Waals surface area contributed by atoms with E-state index < -0.39 is 0 Å². The number of nitrogens with zero attached hydrogens (tertiary/aromatic N) is 4. The Kier molecular flexibility index (Phi) is 6.14. The number of allylic oxidation sites excluding steroid dienone is 1. The Bertz CT molecular complexity index is 1340. The van der Waals surface area contributed by atoms with Crippen LogP contribution in [-0.2, 0) is 0 Å². The quantitative estimate of drug-likeness (QED) is 0.415. The molecule has 0 aliphatic carbocycles. The van der Waals surface area contributed by atoms with Crippen molar-refractivity contribution in [3.63, 3.8) is 0 Å². The Morgan fingerprint density at radius 1 is 1.12 bits per heavy atom. The van der Waals surface area contributed by atoms with Crippen LogP contribution in [0.25, 0.3) is 17.1 Å². The maximum atomic E-state index is 12.6. The van der Waals surface area contributed by atoms with Crippen molar-refractivity contribution in [3.8, 4) is 17.1 Å². The molecule has 0 unspecified atom stereocenters. The monoisotopic (exact) mass is 446 g/mol. The van der Waals surface area contributed by atoms with Crippen LogP contribution in [0.15, 0.2) is 84.1 Å². The molecule has 9 heteroatoms. The molecule has 0 amide bonds. The van der Waals surface area contributed by atoms with Crippen LogP contribution >= 0.6 is 11.6 Å². The summed E-state index contributed by atoms with van der Waals surface area (Å²) < 4.78 is 8.84. The average Bonchev–Trinajstić information content (AvgIpc) is 3.34. The molecule has 2 N–H and O–H groups in total. The van der Waals surface area contributed by atoms with Crippen LogP contribution in [0, 0.1) is 5.41 Å². The molecule has 4 rings (SSSR count). The maximum absolute atomic E-state index is 12.6. The third-order valence-electron chi connectivity index (χ3n) is 4.60. The zero-order chi connectivity index (χ0) is 22.5. The van der Waals surface area contributed by atoms with Crippen LogP contribution in [0.3, 0.4) is 0 Å². The van der Waals surface area contributed by atoms with Crippen molar-refractivity contribution in [1.82, 2.24) is 19.6 Å². The van der Waals surface area contributed by atoms with Crippen LogP contribution in [0.4, 0.5) is 5.69 Å². The average molecular weight is 447 g/mol. The first-order chi connectivity index (χ1) is 15.6. The minimum absolute atomic E-state index is 0.147. The first-order valence-electron chi connectivity index (χ1n) is 9.61. The molecule has 160 valence electrons. The molecule has 8 nitrogen and oxygen atoms in total. The van der Waals surface area contributed by atoms with E-state index in [2.05, 4.69) is 15.5 Å². The molecule has 0 aliphatic rings. The van der Waals surface area contributed by atoms with Crippen molar-refractivity contribution < 1.29 is 4.74 Å². The summed E-state index contributed by atoms with van der Waals surface area (Å²) in [6.07, 6.45) is 7.65. The van der Waals surface area contributed by atoms with Gasteiger partial charge in [0, 0.05) is 47.6 Å². The van der Waals surface area contributed by atoms with Crippen LogP contribution < -0.4 is 15.5 Å². The number of hydrogen-bond donors (Lipinski definition) is 2. The van der Waals surface area contributed by atoms with Crippen molar-refractivity contribution >= 4 is 29.2 Å². The number of nitrogens with one attached hydrogen (secondary N) is 2. The molecule has 0 atom stereocenters. The second kappa shape index (κ2) is 9.32. The molecule has 2 aromatic heterocycles. The summed E-state index contributed by atoms with van der Waals surface area (Å²) >= 11 is 6.07. The van der Waals surface area contributed by atoms with E-state index in [9.17, 15) is 4.79 Å². The summed E-state index contributed by atoms with van der Waals surface area (Å²) in [4.78, 5) is 12.6. The Morgan fingerprint density at radius 2 is 2.00 bits per heavy atom. The van der Waals surface area contributed by atoms with Gasteiger partial charge in [0.05, 0.1) is 18.5 Å². The second-order valence-electron chi connectivity index (χ2n) is 6.66. The van der Waals surface area contributed by atoms with Gasteiger partial charge in [-0.1, -0.05) is 17.7 Å². The van der Waals surface area contributed by atoms with Crippen molar-refractivity contribution in [1.29, 1.82) is 5.41 Å². The summed E-state index contributed by atoms with van der Waals surface area (Å²) in [7, 11) is 1.57. The molecule has 32 heavy (non-hydrogen) atoms. The molecular formula is C23H19ClN6O2. The summed E-state index contributed by atoms with van der Waals surface area (Å²) in [5.41, 5.74) is 2.35. The van der Waals surface area contributed by atoms with Gasteiger partial charge in [-0.25, -0.2) is 9.36 Å². The van der Waals surface area contributed by atoms with E-state index in [0.29, 0.717) is 27.8 Å². The van der Waals surface area contributed by atoms with Gasteiger partial charge in [0.2, 0.25) is 5.43 Å². The van der Waals surface area contributed by atoms with Crippen LogP contribution in [0.1, 0.15) is 5.69 Å². The number of halogens is 1. The predicted octanol–water partition coefficient (Wildman–Crippen LogP) is 4.18. The molecule has 0 aliphatic heterocycles. The van der Waals surface area contributed by atoms with Gasteiger partial charge in [-0.15, -0.1) is 0 Å². The molecule has 2 aromatic carbocycles.